The number of rotatable bonds is 7. The van der Waals surface area contributed by atoms with Gasteiger partial charge in [0.25, 0.3) is 0 Å². The van der Waals surface area contributed by atoms with Crippen LogP contribution in [-0.4, -0.2) is 29.3 Å². The third-order valence-corrected chi connectivity index (χ3v) is 2.84. The van der Waals surface area contributed by atoms with E-state index in [1.165, 1.54) is 0 Å². The number of aryl methyl sites for hydroxylation is 1. The molecule has 1 aromatic heterocycles. The second kappa shape index (κ2) is 6.37. The van der Waals surface area contributed by atoms with E-state index in [1.54, 1.807) is 4.57 Å². The summed E-state index contributed by atoms with van der Waals surface area (Å²) in [6, 6.07) is 7.70. The Morgan fingerprint density at radius 3 is 2.83 bits per heavy atom. The van der Waals surface area contributed by atoms with Gasteiger partial charge >= 0.3 is 5.69 Å². The summed E-state index contributed by atoms with van der Waals surface area (Å²) in [6.45, 7) is 2.68. The van der Waals surface area contributed by atoms with Crippen molar-refractivity contribution in [2.45, 2.75) is 19.4 Å². The van der Waals surface area contributed by atoms with Crippen LogP contribution in [0.3, 0.4) is 0 Å². The van der Waals surface area contributed by atoms with Crippen molar-refractivity contribution >= 4 is 11.0 Å². The first-order chi connectivity index (χ1) is 8.83. The number of nitrogens with two attached hydrogens (primary N) is 1. The first-order valence-electron chi connectivity index (χ1n) is 6.28. The largest absolute Gasteiger partial charge is 0.381 e. The van der Waals surface area contributed by atoms with Gasteiger partial charge in [0.1, 0.15) is 0 Å². The smallest absolute Gasteiger partial charge is 0.326 e. The molecule has 0 aliphatic heterocycles. The van der Waals surface area contributed by atoms with Crippen molar-refractivity contribution in [1.29, 1.82) is 0 Å². The summed E-state index contributed by atoms with van der Waals surface area (Å²) >= 11 is 0. The van der Waals surface area contributed by atoms with Crippen LogP contribution in [0, 0.1) is 0 Å². The molecule has 0 amide bonds. The molecular weight excluding hydrogens is 230 g/mol. The van der Waals surface area contributed by atoms with E-state index in [4.69, 9.17) is 10.5 Å². The fraction of sp³-hybridized carbons (Fsp3) is 0.462. The average molecular weight is 249 g/mol. The van der Waals surface area contributed by atoms with Gasteiger partial charge in [-0.15, -0.1) is 0 Å². The molecule has 1 aromatic carbocycles. The molecule has 98 valence electrons. The molecule has 5 heteroatoms. The number of hydrogen-bond donors (Lipinski definition) is 2. The summed E-state index contributed by atoms with van der Waals surface area (Å²) in [4.78, 5) is 14.6. The third-order valence-electron chi connectivity index (χ3n) is 2.84. The van der Waals surface area contributed by atoms with E-state index < -0.39 is 0 Å². The molecule has 0 saturated heterocycles. The quantitative estimate of drug-likeness (QED) is 0.721. The number of aromatic amines is 1. The molecule has 0 aliphatic carbocycles. The summed E-state index contributed by atoms with van der Waals surface area (Å²) in [6.07, 6.45) is 1.71. The predicted octanol–water partition coefficient (Wildman–Crippen LogP) is 1.09. The van der Waals surface area contributed by atoms with Gasteiger partial charge < -0.3 is 15.5 Å². The molecule has 2 rings (SSSR count). The molecule has 3 N–H and O–H groups in total. The van der Waals surface area contributed by atoms with Crippen LogP contribution in [0.15, 0.2) is 29.1 Å². The number of nitrogens with one attached hydrogen (secondary N) is 1. The van der Waals surface area contributed by atoms with E-state index in [2.05, 4.69) is 4.98 Å². The minimum atomic E-state index is -0.0573. The standard InChI is InChI=1S/C13H19N3O2/c14-7-3-9-18-10-4-8-16-12-6-2-1-5-11(12)15-13(16)17/h1-2,5-6H,3-4,7-10,14H2,(H,15,17). The van der Waals surface area contributed by atoms with Crippen molar-refractivity contribution < 1.29 is 4.74 Å². The molecule has 2 aromatic rings. The molecule has 5 nitrogen and oxygen atoms in total. The second-order valence-corrected chi connectivity index (χ2v) is 4.21. The highest BCUT2D eigenvalue weighted by Crippen LogP contribution is 2.09. The summed E-state index contributed by atoms with van der Waals surface area (Å²) < 4.78 is 7.17. The van der Waals surface area contributed by atoms with E-state index in [0.29, 0.717) is 26.3 Å². The van der Waals surface area contributed by atoms with Crippen molar-refractivity contribution in [2.24, 2.45) is 5.73 Å². The molecule has 0 saturated carbocycles. The van der Waals surface area contributed by atoms with Crippen LogP contribution < -0.4 is 11.4 Å². The third kappa shape index (κ3) is 3.00. The highest BCUT2D eigenvalue weighted by molar-refractivity contribution is 5.74. The van der Waals surface area contributed by atoms with Crippen molar-refractivity contribution in [1.82, 2.24) is 9.55 Å². The minimum Gasteiger partial charge on any atom is -0.381 e. The molecular formula is C13H19N3O2. The monoisotopic (exact) mass is 249 g/mol. The summed E-state index contributed by atoms with van der Waals surface area (Å²) in [5.41, 5.74) is 7.15. The Morgan fingerprint density at radius 1 is 1.22 bits per heavy atom. The van der Waals surface area contributed by atoms with E-state index in [9.17, 15) is 4.79 Å². The van der Waals surface area contributed by atoms with Crippen molar-refractivity contribution in [3.63, 3.8) is 0 Å². The zero-order chi connectivity index (χ0) is 12.8. The number of hydrogen-bond acceptors (Lipinski definition) is 3. The summed E-state index contributed by atoms with van der Waals surface area (Å²) in [7, 11) is 0. The number of imidazole rings is 1. The number of ether oxygens (including phenoxy) is 1. The van der Waals surface area contributed by atoms with Gasteiger partial charge in [0, 0.05) is 19.8 Å². The molecule has 18 heavy (non-hydrogen) atoms. The molecule has 0 atom stereocenters. The zero-order valence-electron chi connectivity index (χ0n) is 10.4. The summed E-state index contributed by atoms with van der Waals surface area (Å²) in [5.74, 6) is 0. The van der Waals surface area contributed by atoms with E-state index in [-0.39, 0.29) is 5.69 Å². The van der Waals surface area contributed by atoms with Crippen molar-refractivity contribution in [2.75, 3.05) is 19.8 Å². The summed E-state index contributed by atoms with van der Waals surface area (Å²) in [5, 5.41) is 0. The Kier molecular flexibility index (Phi) is 4.55. The van der Waals surface area contributed by atoms with Gasteiger partial charge in [-0.05, 0) is 31.5 Å². The van der Waals surface area contributed by atoms with Gasteiger partial charge in [0.05, 0.1) is 11.0 Å². The lowest BCUT2D eigenvalue weighted by atomic mass is 10.3. The molecule has 0 bridgehead atoms. The topological polar surface area (TPSA) is 73.0 Å². The Labute approximate surface area is 106 Å². The first kappa shape index (κ1) is 12.9. The van der Waals surface area contributed by atoms with E-state index in [0.717, 1.165) is 23.9 Å². The lowest BCUT2D eigenvalue weighted by molar-refractivity contribution is 0.128. The molecule has 0 aliphatic rings. The van der Waals surface area contributed by atoms with Gasteiger partial charge in [-0.3, -0.25) is 4.57 Å². The fourth-order valence-corrected chi connectivity index (χ4v) is 1.94. The van der Waals surface area contributed by atoms with Crippen LogP contribution in [-0.2, 0) is 11.3 Å². The fourth-order valence-electron chi connectivity index (χ4n) is 1.94. The van der Waals surface area contributed by atoms with E-state index >= 15 is 0 Å². The Morgan fingerprint density at radius 2 is 2.00 bits per heavy atom. The maximum absolute atomic E-state index is 11.8. The molecule has 0 radical (unpaired) electrons. The van der Waals surface area contributed by atoms with Crippen molar-refractivity contribution in [3.05, 3.63) is 34.7 Å². The Hall–Kier alpha value is -1.59. The number of nitrogens with zero attached hydrogens (tertiary/aromatic N) is 1. The second-order valence-electron chi connectivity index (χ2n) is 4.21. The van der Waals surface area contributed by atoms with Crippen LogP contribution in [0.25, 0.3) is 11.0 Å². The van der Waals surface area contributed by atoms with Gasteiger partial charge in [-0.25, -0.2) is 4.79 Å². The highest BCUT2D eigenvalue weighted by atomic mass is 16.5. The van der Waals surface area contributed by atoms with Crippen LogP contribution in [0.5, 0.6) is 0 Å². The number of para-hydroxylation sites is 2. The van der Waals surface area contributed by atoms with E-state index in [1.807, 2.05) is 24.3 Å². The van der Waals surface area contributed by atoms with Gasteiger partial charge in [-0.2, -0.15) is 0 Å². The number of aromatic nitrogens is 2. The van der Waals surface area contributed by atoms with Crippen molar-refractivity contribution in [3.8, 4) is 0 Å². The van der Waals surface area contributed by atoms with Gasteiger partial charge in [-0.1, -0.05) is 12.1 Å². The normalized spacial score (nSPS) is 11.2. The molecule has 1 heterocycles. The average Bonchev–Trinajstić information content (AvgIpc) is 2.70. The number of fused-ring (bicyclic) bond motifs is 1. The van der Waals surface area contributed by atoms with Crippen LogP contribution in [0.2, 0.25) is 0 Å². The number of benzene rings is 1. The molecule has 0 spiro atoms. The zero-order valence-corrected chi connectivity index (χ0v) is 10.4. The highest BCUT2D eigenvalue weighted by Gasteiger charge is 2.04. The Bertz CT molecular complexity index is 544. The SMILES string of the molecule is NCCCOCCCn1c(=O)[nH]c2ccccc21. The lowest BCUT2D eigenvalue weighted by Gasteiger charge is -2.04. The lowest BCUT2D eigenvalue weighted by Crippen LogP contribution is -2.17. The maximum atomic E-state index is 11.8. The van der Waals surface area contributed by atoms with Gasteiger partial charge in [0.15, 0.2) is 0 Å². The van der Waals surface area contributed by atoms with Gasteiger partial charge in [0.2, 0.25) is 0 Å². The molecule has 0 unspecified atom stereocenters. The predicted molar refractivity (Wildman–Crippen MR) is 71.7 cm³/mol. The van der Waals surface area contributed by atoms with Crippen LogP contribution in [0.4, 0.5) is 0 Å². The first-order valence-corrected chi connectivity index (χ1v) is 6.28. The minimum absolute atomic E-state index is 0.0573. The van der Waals surface area contributed by atoms with Crippen LogP contribution in [0.1, 0.15) is 12.8 Å². The Balaban J connectivity index is 1.91. The molecule has 0 fully saturated rings. The maximum Gasteiger partial charge on any atom is 0.326 e. The number of H-pyrrole nitrogens is 1. The van der Waals surface area contributed by atoms with Crippen LogP contribution >= 0.6 is 0 Å².